The van der Waals surface area contributed by atoms with Crippen LogP contribution in [-0.4, -0.2) is 20.6 Å². The quantitative estimate of drug-likeness (QED) is 0.888. The predicted octanol–water partition coefficient (Wildman–Crippen LogP) is 3.14. The lowest BCUT2D eigenvalue weighted by Crippen LogP contribution is -2.34. The van der Waals surface area contributed by atoms with Crippen molar-refractivity contribution in [2.75, 3.05) is 25.5 Å². The van der Waals surface area contributed by atoms with E-state index in [-0.39, 0.29) is 5.41 Å². The van der Waals surface area contributed by atoms with Crippen molar-refractivity contribution >= 4 is 5.69 Å². The first kappa shape index (κ1) is 13.4. The van der Waals surface area contributed by atoms with E-state index < -0.39 is 0 Å². The van der Waals surface area contributed by atoms with Crippen molar-refractivity contribution in [2.45, 2.75) is 44.9 Å². The van der Waals surface area contributed by atoms with Gasteiger partial charge in [-0.15, -0.1) is 0 Å². The van der Waals surface area contributed by atoms with E-state index in [2.05, 4.69) is 45.0 Å². The molecule has 0 aliphatic heterocycles. The first-order chi connectivity index (χ1) is 8.50. The minimum absolute atomic E-state index is 0.220. The highest BCUT2D eigenvalue weighted by Crippen LogP contribution is 2.44. The molecule has 2 nitrogen and oxygen atoms in total. The third-order valence-corrected chi connectivity index (χ3v) is 4.62. The van der Waals surface area contributed by atoms with Crippen LogP contribution in [0, 0.1) is 13.8 Å². The fourth-order valence-corrected chi connectivity index (χ4v) is 3.23. The van der Waals surface area contributed by atoms with Crippen LogP contribution < -0.4 is 10.6 Å². The van der Waals surface area contributed by atoms with E-state index in [0.717, 1.165) is 6.54 Å². The fourth-order valence-electron chi connectivity index (χ4n) is 3.23. The maximum Gasteiger partial charge on any atom is 0.0402 e. The Morgan fingerprint density at radius 3 is 2.17 bits per heavy atom. The Hall–Kier alpha value is -1.02. The van der Waals surface area contributed by atoms with E-state index in [0.29, 0.717) is 0 Å². The van der Waals surface area contributed by atoms with E-state index in [4.69, 9.17) is 5.73 Å². The lowest BCUT2D eigenvalue weighted by Gasteiger charge is -2.33. The maximum atomic E-state index is 6.14. The van der Waals surface area contributed by atoms with Gasteiger partial charge < -0.3 is 10.6 Å². The van der Waals surface area contributed by atoms with Crippen molar-refractivity contribution in [3.8, 4) is 0 Å². The van der Waals surface area contributed by atoms with Gasteiger partial charge in [0.15, 0.2) is 0 Å². The van der Waals surface area contributed by atoms with Gasteiger partial charge in [-0.05, 0) is 49.4 Å². The van der Waals surface area contributed by atoms with Crippen LogP contribution in [0.15, 0.2) is 12.1 Å². The normalized spacial score (nSPS) is 18.1. The summed E-state index contributed by atoms with van der Waals surface area (Å²) in [4.78, 5) is 2.23. The molecule has 1 aromatic carbocycles. The van der Waals surface area contributed by atoms with E-state index in [9.17, 15) is 0 Å². The molecule has 2 rings (SSSR count). The molecular formula is C16H26N2. The van der Waals surface area contributed by atoms with E-state index >= 15 is 0 Å². The third kappa shape index (κ3) is 2.14. The Bertz CT molecular complexity index is 429. The molecule has 1 aromatic rings. The van der Waals surface area contributed by atoms with Crippen LogP contribution in [0.1, 0.15) is 42.4 Å². The minimum Gasteiger partial charge on any atom is -0.377 e. The van der Waals surface area contributed by atoms with Crippen molar-refractivity contribution in [1.82, 2.24) is 0 Å². The molecule has 1 aliphatic rings. The predicted molar refractivity (Wildman–Crippen MR) is 79.4 cm³/mol. The van der Waals surface area contributed by atoms with Crippen LogP contribution in [0.25, 0.3) is 0 Å². The molecular weight excluding hydrogens is 220 g/mol. The average Bonchev–Trinajstić information content (AvgIpc) is 2.81. The topological polar surface area (TPSA) is 29.3 Å². The summed E-state index contributed by atoms with van der Waals surface area (Å²) in [5.74, 6) is 0. The van der Waals surface area contributed by atoms with Gasteiger partial charge in [-0.2, -0.15) is 0 Å². The second kappa shape index (κ2) is 4.93. The number of rotatable bonds is 3. The monoisotopic (exact) mass is 246 g/mol. The number of nitrogens with two attached hydrogens (primary N) is 1. The Balaban J connectivity index is 2.57. The van der Waals surface area contributed by atoms with Gasteiger partial charge in [-0.25, -0.2) is 0 Å². The van der Waals surface area contributed by atoms with Gasteiger partial charge in [0.05, 0.1) is 0 Å². The van der Waals surface area contributed by atoms with Crippen molar-refractivity contribution < 1.29 is 0 Å². The number of aryl methyl sites for hydroxylation is 2. The zero-order chi connectivity index (χ0) is 13.3. The molecule has 0 saturated heterocycles. The highest BCUT2D eigenvalue weighted by atomic mass is 15.1. The van der Waals surface area contributed by atoms with Crippen LogP contribution in [-0.2, 0) is 5.41 Å². The van der Waals surface area contributed by atoms with Gasteiger partial charge in [0.2, 0.25) is 0 Å². The summed E-state index contributed by atoms with van der Waals surface area (Å²) in [6, 6.07) is 4.70. The third-order valence-electron chi connectivity index (χ3n) is 4.62. The van der Waals surface area contributed by atoms with Gasteiger partial charge in [0, 0.05) is 31.7 Å². The largest absolute Gasteiger partial charge is 0.377 e. The zero-order valence-corrected chi connectivity index (χ0v) is 12.2. The highest BCUT2D eigenvalue weighted by molar-refractivity contribution is 5.60. The maximum absolute atomic E-state index is 6.14. The van der Waals surface area contributed by atoms with Gasteiger partial charge in [0.25, 0.3) is 0 Å². The number of hydrogen-bond donors (Lipinski definition) is 1. The second-order valence-electron chi connectivity index (χ2n) is 6.04. The van der Waals surface area contributed by atoms with Gasteiger partial charge in [0.1, 0.15) is 0 Å². The molecule has 2 N–H and O–H groups in total. The van der Waals surface area contributed by atoms with Crippen LogP contribution >= 0.6 is 0 Å². The van der Waals surface area contributed by atoms with Crippen LogP contribution in [0.2, 0.25) is 0 Å². The number of hydrogen-bond acceptors (Lipinski definition) is 2. The highest BCUT2D eigenvalue weighted by Gasteiger charge is 2.36. The molecule has 2 heteroatoms. The van der Waals surface area contributed by atoms with Crippen molar-refractivity contribution in [2.24, 2.45) is 5.73 Å². The molecule has 18 heavy (non-hydrogen) atoms. The number of nitrogens with zero attached hydrogens (tertiary/aromatic N) is 1. The van der Waals surface area contributed by atoms with Crippen LogP contribution in [0.4, 0.5) is 5.69 Å². The Morgan fingerprint density at radius 2 is 1.67 bits per heavy atom. The molecule has 0 radical (unpaired) electrons. The van der Waals surface area contributed by atoms with Gasteiger partial charge in [-0.3, -0.25) is 0 Å². The second-order valence-corrected chi connectivity index (χ2v) is 6.04. The molecule has 0 unspecified atom stereocenters. The molecule has 0 atom stereocenters. The summed E-state index contributed by atoms with van der Waals surface area (Å²) in [5, 5.41) is 0. The van der Waals surface area contributed by atoms with Gasteiger partial charge in [-0.1, -0.05) is 18.9 Å². The summed E-state index contributed by atoms with van der Waals surface area (Å²) in [6.07, 6.45) is 5.12. The lowest BCUT2D eigenvalue weighted by molar-refractivity contribution is 0.453. The van der Waals surface area contributed by atoms with Crippen LogP contribution in [0.3, 0.4) is 0 Å². The molecule has 0 heterocycles. The number of anilines is 1. The Labute approximate surface area is 111 Å². The molecule has 1 fully saturated rings. The van der Waals surface area contributed by atoms with Crippen LogP contribution in [0.5, 0.6) is 0 Å². The van der Waals surface area contributed by atoms with E-state index in [1.54, 1.807) is 0 Å². The molecule has 0 spiro atoms. The minimum atomic E-state index is 0.220. The first-order valence-electron chi connectivity index (χ1n) is 6.99. The molecule has 0 aromatic heterocycles. The Morgan fingerprint density at radius 1 is 1.11 bits per heavy atom. The van der Waals surface area contributed by atoms with Crippen molar-refractivity contribution in [3.05, 3.63) is 28.8 Å². The summed E-state index contributed by atoms with van der Waals surface area (Å²) in [7, 11) is 4.26. The Kier molecular flexibility index (Phi) is 3.67. The lowest BCUT2D eigenvalue weighted by atomic mass is 9.77. The summed E-state index contributed by atoms with van der Waals surface area (Å²) >= 11 is 0. The molecule has 0 bridgehead atoms. The summed E-state index contributed by atoms with van der Waals surface area (Å²) < 4.78 is 0. The van der Waals surface area contributed by atoms with Gasteiger partial charge >= 0.3 is 0 Å². The zero-order valence-electron chi connectivity index (χ0n) is 12.2. The first-order valence-corrected chi connectivity index (χ1v) is 6.99. The smallest absolute Gasteiger partial charge is 0.0402 e. The summed E-state index contributed by atoms with van der Waals surface area (Å²) in [5.41, 5.74) is 11.9. The average molecular weight is 246 g/mol. The SMILES string of the molecule is Cc1cc(N(C)C)c(C2(CN)CCCC2)cc1C. The van der Waals surface area contributed by atoms with E-state index in [1.165, 1.54) is 48.1 Å². The van der Waals surface area contributed by atoms with Crippen molar-refractivity contribution in [3.63, 3.8) is 0 Å². The molecule has 1 aliphatic carbocycles. The van der Waals surface area contributed by atoms with Crippen molar-refractivity contribution in [1.29, 1.82) is 0 Å². The fraction of sp³-hybridized carbons (Fsp3) is 0.625. The molecule has 1 saturated carbocycles. The summed E-state index contributed by atoms with van der Waals surface area (Å²) in [6.45, 7) is 5.17. The van der Waals surface area contributed by atoms with E-state index in [1.807, 2.05) is 0 Å². The standard InChI is InChI=1S/C16H26N2/c1-12-9-14(15(18(3)4)10-13(12)2)16(11-17)7-5-6-8-16/h9-10H,5-8,11,17H2,1-4H3. The molecule has 100 valence electrons. The molecule has 0 amide bonds. The number of benzene rings is 1.